The second-order valence-corrected chi connectivity index (χ2v) is 5.72. The average Bonchev–Trinajstić information content (AvgIpc) is 2.45. The maximum absolute atomic E-state index is 2.37. The van der Waals surface area contributed by atoms with E-state index in [0.29, 0.717) is 6.85 Å². The maximum Gasteiger partial charge on any atom is 0.320 e. The van der Waals surface area contributed by atoms with Crippen LogP contribution in [0.3, 0.4) is 0 Å². The molecule has 0 atom stereocenters. The average molecular weight is 257 g/mol. The Morgan fingerprint density at radius 2 is 1.60 bits per heavy atom. The van der Waals surface area contributed by atoms with Crippen LogP contribution in [0.25, 0.3) is 12.2 Å². The molecule has 2 aromatic rings. The molecule has 20 heavy (non-hydrogen) atoms. The molecule has 0 fully saturated rings. The van der Waals surface area contributed by atoms with Crippen LogP contribution in [0.2, 0.25) is 0 Å². The lowest BCUT2D eigenvalue weighted by Crippen LogP contribution is -2.49. The van der Waals surface area contributed by atoms with Gasteiger partial charge in [-0.25, -0.2) is 0 Å². The Labute approximate surface area is 120 Å². The molecule has 2 aromatic carbocycles. The zero-order valence-electron chi connectivity index (χ0n) is 11.8. The highest BCUT2D eigenvalue weighted by molar-refractivity contribution is 6.83. The fourth-order valence-electron chi connectivity index (χ4n) is 3.17. The highest BCUT2D eigenvalue weighted by Gasteiger charge is 2.30. The number of aryl methyl sites for hydroxylation is 2. The number of hydrogen-bond acceptors (Lipinski definition) is 1. The first kappa shape index (κ1) is 11.6. The van der Waals surface area contributed by atoms with Gasteiger partial charge >= 0.3 is 6.85 Å². The fraction of sp³-hybridized carbons (Fsp3) is 0.111. The van der Waals surface area contributed by atoms with Crippen LogP contribution >= 0.6 is 0 Å². The van der Waals surface area contributed by atoms with Gasteiger partial charge in [-0.05, 0) is 48.8 Å². The molecule has 2 heterocycles. The van der Waals surface area contributed by atoms with E-state index in [4.69, 9.17) is 0 Å². The third-order valence-corrected chi connectivity index (χ3v) is 4.19. The molecule has 0 radical (unpaired) electrons. The van der Waals surface area contributed by atoms with Crippen LogP contribution in [-0.2, 0) is 0 Å². The molecule has 0 unspecified atom stereocenters. The van der Waals surface area contributed by atoms with Crippen molar-refractivity contribution in [3.63, 3.8) is 0 Å². The van der Waals surface area contributed by atoms with Crippen molar-refractivity contribution in [2.75, 3.05) is 4.81 Å². The van der Waals surface area contributed by atoms with Gasteiger partial charge in [0.2, 0.25) is 0 Å². The molecule has 0 bridgehead atoms. The van der Waals surface area contributed by atoms with E-state index in [-0.39, 0.29) is 0 Å². The van der Waals surface area contributed by atoms with Crippen LogP contribution in [0.4, 0.5) is 5.69 Å². The van der Waals surface area contributed by atoms with Gasteiger partial charge in [-0.2, -0.15) is 0 Å². The predicted molar refractivity (Wildman–Crippen MR) is 88.3 cm³/mol. The van der Waals surface area contributed by atoms with E-state index >= 15 is 0 Å². The van der Waals surface area contributed by atoms with Gasteiger partial charge in [0.05, 0.1) is 0 Å². The highest BCUT2D eigenvalue weighted by atomic mass is 15.1. The number of rotatable bonds is 0. The molecule has 0 N–H and O–H groups in total. The monoisotopic (exact) mass is 257 g/mol. The van der Waals surface area contributed by atoms with E-state index in [9.17, 15) is 0 Å². The Kier molecular flexibility index (Phi) is 2.40. The van der Waals surface area contributed by atoms with E-state index in [1.54, 1.807) is 0 Å². The van der Waals surface area contributed by atoms with Gasteiger partial charge in [0.1, 0.15) is 0 Å². The Morgan fingerprint density at radius 1 is 0.850 bits per heavy atom. The topological polar surface area (TPSA) is 3.24 Å². The van der Waals surface area contributed by atoms with E-state index in [1.165, 1.54) is 33.4 Å². The summed E-state index contributed by atoms with van der Waals surface area (Å²) in [6, 6.07) is 13.4. The fourth-order valence-corrected chi connectivity index (χ4v) is 3.17. The summed E-state index contributed by atoms with van der Waals surface area (Å²) in [5, 5.41) is 0. The van der Waals surface area contributed by atoms with Gasteiger partial charge < -0.3 is 4.81 Å². The summed E-state index contributed by atoms with van der Waals surface area (Å²) in [5.41, 5.74) is 7.96. The van der Waals surface area contributed by atoms with Crippen molar-refractivity contribution in [3.05, 3.63) is 70.8 Å². The minimum atomic E-state index is 0.325. The summed E-state index contributed by atoms with van der Waals surface area (Å²) in [5.74, 6) is 2.30. The van der Waals surface area contributed by atoms with Crippen LogP contribution in [0.5, 0.6) is 0 Å². The largest absolute Gasteiger partial charge is 0.383 e. The van der Waals surface area contributed by atoms with Crippen molar-refractivity contribution in [1.82, 2.24) is 0 Å². The zero-order chi connectivity index (χ0) is 13.7. The lowest BCUT2D eigenvalue weighted by molar-refractivity contribution is 1.33. The molecular weight excluding hydrogens is 241 g/mol. The molecule has 2 aliphatic heterocycles. The van der Waals surface area contributed by atoms with Gasteiger partial charge in [-0.15, -0.1) is 0 Å². The van der Waals surface area contributed by atoms with Gasteiger partial charge in [-0.3, -0.25) is 0 Å². The zero-order valence-corrected chi connectivity index (χ0v) is 11.8. The Morgan fingerprint density at radius 3 is 2.45 bits per heavy atom. The first-order valence-electron chi connectivity index (χ1n) is 7.08. The van der Waals surface area contributed by atoms with Gasteiger partial charge in [0.15, 0.2) is 0 Å². The van der Waals surface area contributed by atoms with Crippen molar-refractivity contribution in [3.8, 4) is 0 Å². The summed E-state index contributed by atoms with van der Waals surface area (Å²) in [6.07, 6.45) is 6.69. The Balaban J connectivity index is 1.87. The molecular formula is C18H16BN. The van der Waals surface area contributed by atoms with E-state index < -0.39 is 0 Å². The third kappa shape index (κ3) is 1.65. The van der Waals surface area contributed by atoms with Crippen molar-refractivity contribution < 1.29 is 0 Å². The van der Waals surface area contributed by atoms with Gasteiger partial charge in [0.25, 0.3) is 0 Å². The highest BCUT2D eigenvalue weighted by Crippen LogP contribution is 2.31. The molecule has 1 nitrogen and oxygen atoms in total. The van der Waals surface area contributed by atoms with Crippen LogP contribution in [0, 0.1) is 13.8 Å². The summed E-state index contributed by atoms with van der Waals surface area (Å²) in [6.45, 7) is 4.62. The van der Waals surface area contributed by atoms with Crippen molar-refractivity contribution in [1.29, 1.82) is 0 Å². The molecule has 0 amide bonds. The normalized spacial score (nSPS) is 14.9. The Hall–Kier alpha value is -2.22. The standard InChI is InChI=1S/C18H16BN/c1-13-3-5-17-15(11-13)8-10-20-18-6-4-14(2)12-16(18)7-9-19(17)20/h3-12H,1-2H3. The first-order chi connectivity index (χ1) is 9.72. The van der Waals surface area contributed by atoms with E-state index in [0.717, 1.165) is 0 Å². The van der Waals surface area contributed by atoms with Gasteiger partial charge in [0, 0.05) is 5.69 Å². The summed E-state index contributed by atoms with van der Waals surface area (Å²) < 4.78 is 0. The van der Waals surface area contributed by atoms with Crippen molar-refractivity contribution in [2.24, 2.45) is 0 Å². The molecule has 0 spiro atoms. The quantitative estimate of drug-likeness (QED) is 0.652. The van der Waals surface area contributed by atoms with Crippen LogP contribution in [0.1, 0.15) is 22.3 Å². The minimum Gasteiger partial charge on any atom is -0.383 e. The number of nitrogens with zero attached hydrogens (tertiary/aromatic N) is 1. The third-order valence-electron chi connectivity index (χ3n) is 4.19. The van der Waals surface area contributed by atoms with Crippen LogP contribution in [0.15, 0.2) is 48.6 Å². The predicted octanol–water partition coefficient (Wildman–Crippen LogP) is 3.56. The second kappa shape index (κ2) is 4.14. The SMILES string of the molecule is Cc1ccc2c(c1)C=CN1B2C=Cc2cc(C)ccc21. The smallest absolute Gasteiger partial charge is 0.320 e. The summed E-state index contributed by atoms with van der Waals surface area (Å²) in [4.78, 5) is 2.37. The maximum atomic E-state index is 2.37. The second-order valence-electron chi connectivity index (χ2n) is 5.72. The summed E-state index contributed by atoms with van der Waals surface area (Å²) >= 11 is 0. The molecule has 0 saturated carbocycles. The molecule has 0 saturated heterocycles. The minimum absolute atomic E-state index is 0.325. The van der Waals surface area contributed by atoms with Crippen molar-refractivity contribution in [2.45, 2.75) is 13.8 Å². The van der Waals surface area contributed by atoms with E-state index in [2.05, 4.69) is 79.4 Å². The van der Waals surface area contributed by atoms with E-state index in [1.807, 2.05) is 0 Å². The number of fused-ring (bicyclic) bond motifs is 5. The first-order valence-corrected chi connectivity index (χ1v) is 7.08. The Bertz CT molecular complexity index is 693. The molecule has 0 aliphatic carbocycles. The molecule has 2 heteroatoms. The number of hydrogen-bond donors (Lipinski definition) is 0. The lowest BCUT2D eigenvalue weighted by Gasteiger charge is -2.34. The number of benzene rings is 2. The molecule has 4 rings (SSSR count). The van der Waals surface area contributed by atoms with Crippen LogP contribution < -0.4 is 10.3 Å². The lowest BCUT2D eigenvalue weighted by atomic mass is 9.50. The van der Waals surface area contributed by atoms with Crippen LogP contribution in [-0.4, -0.2) is 6.85 Å². The molecule has 96 valence electrons. The molecule has 2 aliphatic rings. The number of anilines is 1. The van der Waals surface area contributed by atoms with Crippen molar-refractivity contribution >= 4 is 30.1 Å². The molecule has 0 aromatic heterocycles. The van der Waals surface area contributed by atoms with Gasteiger partial charge in [-0.1, -0.05) is 53.5 Å². The summed E-state index contributed by atoms with van der Waals surface area (Å²) in [7, 11) is 0.